The lowest BCUT2D eigenvalue weighted by molar-refractivity contribution is -0.0504. The van der Waals surface area contributed by atoms with Crippen molar-refractivity contribution in [3.8, 4) is 0 Å². The van der Waals surface area contributed by atoms with Crippen molar-refractivity contribution in [1.82, 2.24) is 4.90 Å². The van der Waals surface area contributed by atoms with Gasteiger partial charge in [0.05, 0.1) is 0 Å². The van der Waals surface area contributed by atoms with Crippen LogP contribution < -0.4 is 0 Å². The fourth-order valence-corrected chi connectivity index (χ4v) is 2.31. The van der Waals surface area contributed by atoms with Crippen LogP contribution in [0.1, 0.15) is 29.8 Å². The molecular formula is C14H15NO2. The molecule has 0 spiro atoms. The van der Waals surface area contributed by atoms with Crippen LogP contribution in [0, 0.1) is 0 Å². The number of amides is 1. The Hall–Kier alpha value is -1.83. The lowest BCUT2D eigenvalue weighted by Crippen LogP contribution is -2.44. The second kappa shape index (κ2) is 3.88. The summed E-state index contributed by atoms with van der Waals surface area (Å²) in [5.41, 5.74) is 3.00. The molecule has 0 aromatic heterocycles. The Morgan fingerprint density at radius 1 is 1.53 bits per heavy atom. The second-order valence-corrected chi connectivity index (χ2v) is 4.07. The number of aliphatic hydroxyl groups is 1. The van der Waals surface area contributed by atoms with Crippen LogP contribution in [0.25, 0.3) is 0 Å². The summed E-state index contributed by atoms with van der Waals surface area (Å²) in [6.45, 7) is 7.56. The smallest absolute Gasteiger partial charge is 0.257 e. The highest BCUT2D eigenvalue weighted by Crippen LogP contribution is 2.41. The lowest BCUT2D eigenvalue weighted by Gasteiger charge is -2.33. The maximum atomic E-state index is 12.2. The first-order valence-electron chi connectivity index (χ1n) is 5.58. The van der Waals surface area contributed by atoms with Gasteiger partial charge in [-0.3, -0.25) is 4.79 Å². The van der Waals surface area contributed by atoms with Gasteiger partial charge in [0.15, 0.2) is 5.72 Å². The van der Waals surface area contributed by atoms with Crippen molar-refractivity contribution in [2.45, 2.75) is 19.6 Å². The lowest BCUT2D eigenvalue weighted by atomic mass is 9.95. The van der Waals surface area contributed by atoms with Crippen LogP contribution in [0.15, 0.2) is 42.1 Å². The molecule has 0 saturated carbocycles. The summed E-state index contributed by atoms with van der Waals surface area (Å²) < 4.78 is 0. The van der Waals surface area contributed by atoms with Crippen LogP contribution in [0.5, 0.6) is 0 Å². The third-order valence-electron chi connectivity index (χ3n) is 3.27. The van der Waals surface area contributed by atoms with Gasteiger partial charge in [0.2, 0.25) is 0 Å². The van der Waals surface area contributed by atoms with E-state index in [1.54, 1.807) is 25.1 Å². The normalized spacial score (nSPS) is 22.3. The van der Waals surface area contributed by atoms with E-state index in [1.165, 1.54) is 4.90 Å². The second-order valence-electron chi connectivity index (χ2n) is 4.07. The van der Waals surface area contributed by atoms with Gasteiger partial charge in [0.25, 0.3) is 5.91 Å². The monoisotopic (exact) mass is 229 g/mol. The average molecular weight is 229 g/mol. The maximum Gasteiger partial charge on any atom is 0.257 e. The molecule has 1 heterocycles. The first-order valence-corrected chi connectivity index (χ1v) is 5.58. The molecule has 1 amide bonds. The maximum absolute atomic E-state index is 12.2. The van der Waals surface area contributed by atoms with Crippen LogP contribution in [-0.4, -0.2) is 22.5 Å². The molecule has 0 fully saturated rings. The predicted molar refractivity (Wildman–Crippen MR) is 65.4 cm³/mol. The summed E-state index contributed by atoms with van der Waals surface area (Å²) in [5.74, 6) is -0.153. The van der Waals surface area contributed by atoms with E-state index in [0.717, 1.165) is 0 Å². The molecule has 0 bridgehead atoms. The molecule has 3 nitrogen and oxygen atoms in total. The third-order valence-corrected chi connectivity index (χ3v) is 3.27. The van der Waals surface area contributed by atoms with Crippen molar-refractivity contribution in [1.29, 1.82) is 0 Å². The highest BCUT2D eigenvalue weighted by Gasteiger charge is 2.48. The molecule has 1 atom stereocenters. The number of carbonyl (C=O) groups excluding carboxylic acids is 1. The van der Waals surface area contributed by atoms with Gasteiger partial charge >= 0.3 is 0 Å². The van der Waals surface area contributed by atoms with Crippen LogP contribution in [0.2, 0.25) is 0 Å². The van der Waals surface area contributed by atoms with Gasteiger partial charge in [-0.25, -0.2) is 0 Å². The Morgan fingerprint density at radius 3 is 2.76 bits per heavy atom. The molecule has 1 aliphatic heterocycles. The summed E-state index contributed by atoms with van der Waals surface area (Å²) >= 11 is 0. The molecule has 1 aromatic rings. The number of nitrogens with zero attached hydrogens (tertiary/aromatic N) is 1. The summed E-state index contributed by atoms with van der Waals surface area (Å²) in [5, 5.41) is 10.8. The molecule has 1 aliphatic rings. The number of carbonyl (C=O) groups is 1. The van der Waals surface area contributed by atoms with E-state index >= 15 is 0 Å². The molecule has 17 heavy (non-hydrogen) atoms. The first-order chi connectivity index (χ1) is 8.07. The molecule has 88 valence electrons. The number of fused-ring (bicyclic) bond motifs is 1. The minimum absolute atomic E-state index is 0.153. The predicted octanol–water partition coefficient (Wildman–Crippen LogP) is 2.04. The van der Waals surface area contributed by atoms with Crippen molar-refractivity contribution in [3.63, 3.8) is 0 Å². The topological polar surface area (TPSA) is 40.5 Å². The zero-order chi connectivity index (χ0) is 12.6. The number of likely N-dealkylation sites (N-methyl/N-ethyl adjacent to an activating group) is 1. The molecule has 0 saturated heterocycles. The van der Waals surface area contributed by atoms with Crippen LogP contribution >= 0.6 is 0 Å². The van der Waals surface area contributed by atoms with Crippen molar-refractivity contribution in [2.24, 2.45) is 0 Å². The number of benzene rings is 1. The van der Waals surface area contributed by atoms with E-state index in [2.05, 4.69) is 12.3 Å². The quantitative estimate of drug-likeness (QED) is 0.788. The fourth-order valence-electron chi connectivity index (χ4n) is 2.31. The average Bonchev–Trinajstić information content (AvgIpc) is 2.59. The standard InChI is InChI=1S/C14H15NO2/c1-4-10(3)14(17)12-9-7-6-8-11(12)13(16)15(14)5-2/h6-9,17H,1,5H2,2-3H3. The molecule has 0 aliphatic carbocycles. The van der Waals surface area contributed by atoms with Crippen molar-refractivity contribution >= 4 is 5.91 Å². The largest absolute Gasteiger partial charge is 0.363 e. The molecule has 1 N–H and O–H groups in total. The van der Waals surface area contributed by atoms with E-state index in [9.17, 15) is 9.90 Å². The van der Waals surface area contributed by atoms with Gasteiger partial charge in [0.1, 0.15) is 0 Å². The van der Waals surface area contributed by atoms with Gasteiger partial charge in [-0.05, 0) is 19.9 Å². The molecule has 2 rings (SSSR count). The summed E-state index contributed by atoms with van der Waals surface area (Å²) in [6, 6.07) is 7.11. The van der Waals surface area contributed by atoms with Gasteiger partial charge in [-0.15, -0.1) is 5.73 Å². The number of rotatable bonds is 2. The molecule has 1 unspecified atom stereocenters. The third kappa shape index (κ3) is 1.37. The Balaban J connectivity index is 2.74. The highest BCUT2D eigenvalue weighted by atomic mass is 16.3. The first kappa shape index (κ1) is 11.6. The van der Waals surface area contributed by atoms with Gasteiger partial charge < -0.3 is 10.0 Å². The van der Waals surface area contributed by atoms with Crippen LogP contribution in [0.3, 0.4) is 0 Å². The zero-order valence-corrected chi connectivity index (χ0v) is 10.0. The fraction of sp³-hybridized carbons (Fsp3) is 0.286. The number of hydrogen-bond acceptors (Lipinski definition) is 2. The minimum atomic E-state index is -1.40. The summed E-state index contributed by atoms with van der Waals surface area (Å²) in [4.78, 5) is 13.6. The summed E-state index contributed by atoms with van der Waals surface area (Å²) in [6.07, 6.45) is 0. The van der Waals surface area contributed by atoms with Crippen LogP contribution in [-0.2, 0) is 5.72 Å². The van der Waals surface area contributed by atoms with Crippen molar-refractivity contribution < 1.29 is 9.90 Å². The van der Waals surface area contributed by atoms with E-state index < -0.39 is 5.72 Å². The van der Waals surface area contributed by atoms with Gasteiger partial charge in [-0.2, -0.15) is 0 Å². The molecule has 0 radical (unpaired) electrons. The Labute approximate surface area is 101 Å². The van der Waals surface area contributed by atoms with Crippen molar-refractivity contribution in [3.05, 3.63) is 53.3 Å². The van der Waals surface area contributed by atoms with E-state index in [-0.39, 0.29) is 5.91 Å². The van der Waals surface area contributed by atoms with Gasteiger partial charge in [-0.1, -0.05) is 24.8 Å². The highest BCUT2D eigenvalue weighted by molar-refractivity contribution is 6.00. The number of hydrogen-bond donors (Lipinski definition) is 1. The van der Waals surface area contributed by atoms with E-state index in [1.807, 2.05) is 13.0 Å². The minimum Gasteiger partial charge on any atom is -0.363 e. The molecular weight excluding hydrogens is 214 g/mol. The Bertz CT molecular complexity index is 529. The van der Waals surface area contributed by atoms with Crippen molar-refractivity contribution in [2.75, 3.05) is 6.54 Å². The Kier molecular flexibility index (Phi) is 2.66. The van der Waals surface area contributed by atoms with E-state index in [4.69, 9.17) is 0 Å². The van der Waals surface area contributed by atoms with E-state index in [0.29, 0.717) is 23.2 Å². The van der Waals surface area contributed by atoms with Gasteiger partial charge in [0, 0.05) is 23.2 Å². The Morgan fingerprint density at radius 2 is 2.18 bits per heavy atom. The molecule has 3 heteroatoms. The zero-order valence-electron chi connectivity index (χ0n) is 10.0. The summed E-state index contributed by atoms with van der Waals surface area (Å²) in [7, 11) is 0. The SMILES string of the molecule is C=C=C(C)C1(O)c2ccccc2C(=O)N1CC. The van der Waals surface area contributed by atoms with Crippen LogP contribution in [0.4, 0.5) is 0 Å². The molecule has 1 aromatic carbocycles.